The van der Waals surface area contributed by atoms with Gasteiger partial charge in [-0.3, -0.25) is 9.48 Å². The van der Waals surface area contributed by atoms with Crippen LogP contribution in [-0.2, 0) is 17.8 Å². The lowest BCUT2D eigenvalue weighted by molar-refractivity contribution is -0.152. The van der Waals surface area contributed by atoms with Crippen molar-refractivity contribution in [3.63, 3.8) is 0 Å². The average Bonchev–Trinajstić information content (AvgIpc) is 3.35. The first kappa shape index (κ1) is 28.7. The number of carboxylic acids is 1. The summed E-state index contributed by atoms with van der Waals surface area (Å²) < 4.78 is 16.6. The number of aryl methyl sites for hydroxylation is 1. The molecule has 3 aromatic rings. The molecule has 2 aliphatic carbocycles. The fourth-order valence-electron chi connectivity index (χ4n) is 8.92. The van der Waals surface area contributed by atoms with E-state index in [1.807, 2.05) is 6.07 Å². The average molecular weight is 585 g/mol. The van der Waals surface area contributed by atoms with Crippen molar-refractivity contribution in [2.45, 2.75) is 63.8 Å². The Kier molecular flexibility index (Phi) is 7.89. The predicted molar refractivity (Wildman–Crippen MR) is 166 cm³/mol. The predicted octanol–water partition coefficient (Wildman–Crippen LogP) is 6.03. The number of aliphatic carboxylic acids is 1. The molecule has 2 saturated carbocycles. The number of carboxylic acid groups (broad SMARTS) is 1. The van der Waals surface area contributed by atoms with Gasteiger partial charge in [0.2, 0.25) is 0 Å². The largest absolute Gasteiger partial charge is 0.481 e. The lowest BCUT2D eigenvalue weighted by atomic mass is 9.73. The number of hydrogen-bond acceptors (Lipinski definition) is 4. The van der Waals surface area contributed by atoms with Crippen LogP contribution in [-0.4, -0.2) is 69.9 Å². The van der Waals surface area contributed by atoms with Gasteiger partial charge in [0.25, 0.3) is 0 Å². The number of carbonyl (C=O) groups is 1. The summed E-state index contributed by atoms with van der Waals surface area (Å²) in [5.74, 6) is 1.71. The molecular weight excluding hydrogens is 539 g/mol. The molecule has 43 heavy (non-hydrogen) atoms. The van der Waals surface area contributed by atoms with Gasteiger partial charge >= 0.3 is 5.97 Å². The van der Waals surface area contributed by atoms with Crippen molar-refractivity contribution in [3.05, 3.63) is 89.0 Å². The molecule has 4 aliphatic rings. The molecular formula is C36H45FN4O2. The van der Waals surface area contributed by atoms with E-state index in [0.717, 1.165) is 89.1 Å². The van der Waals surface area contributed by atoms with Gasteiger partial charge in [-0.05, 0) is 66.8 Å². The molecule has 1 N–H and O–H groups in total. The quantitative estimate of drug-likeness (QED) is 0.315. The summed E-state index contributed by atoms with van der Waals surface area (Å²) in [7, 11) is 0. The van der Waals surface area contributed by atoms with Crippen LogP contribution in [0.3, 0.4) is 0 Å². The molecule has 228 valence electrons. The van der Waals surface area contributed by atoms with Crippen LogP contribution in [0.1, 0.15) is 73.4 Å². The number of benzene rings is 2. The van der Waals surface area contributed by atoms with Crippen molar-refractivity contribution < 1.29 is 14.3 Å². The summed E-state index contributed by atoms with van der Waals surface area (Å²) in [5.41, 5.74) is 4.28. The SMILES string of the molecule is CCn1nc(Cc2ccccc2)cc1[C@H]1[C@@H]2CN(C[C@H]3CN(CC4(C(=O)O)CCCCC4)C[C@@H]3c3cccc(F)c3)C[C@@H]21. The van der Waals surface area contributed by atoms with Crippen molar-refractivity contribution in [2.75, 3.05) is 39.3 Å². The molecule has 4 fully saturated rings. The second kappa shape index (κ2) is 11.8. The Morgan fingerprint density at radius 3 is 2.42 bits per heavy atom. The summed E-state index contributed by atoms with van der Waals surface area (Å²) in [6.07, 6.45) is 5.55. The Hall–Kier alpha value is -3.03. The van der Waals surface area contributed by atoms with Crippen molar-refractivity contribution in [2.24, 2.45) is 23.2 Å². The number of likely N-dealkylation sites (tertiary alicyclic amines) is 2. The number of aromatic nitrogens is 2. The monoisotopic (exact) mass is 584 g/mol. The highest BCUT2D eigenvalue weighted by atomic mass is 19.1. The second-order valence-corrected chi connectivity index (χ2v) is 13.9. The van der Waals surface area contributed by atoms with Crippen LogP contribution in [0.2, 0.25) is 0 Å². The molecule has 0 unspecified atom stereocenters. The first-order chi connectivity index (χ1) is 20.9. The third-order valence-electron chi connectivity index (χ3n) is 11.1. The van der Waals surface area contributed by atoms with Gasteiger partial charge < -0.3 is 14.9 Å². The zero-order chi connectivity index (χ0) is 29.6. The van der Waals surface area contributed by atoms with Crippen LogP contribution in [0.5, 0.6) is 0 Å². The van der Waals surface area contributed by atoms with Crippen LogP contribution >= 0.6 is 0 Å². The van der Waals surface area contributed by atoms with E-state index in [0.29, 0.717) is 30.2 Å². The van der Waals surface area contributed by atoms with E-state index in [-0.39, 0.29) is 11.7 Å². The van der Waals surface area contributed by atoms with Crippen molar-refractivity contribution in [3.8, 4) is 0 Å². The molecule has 1 aromatic heterocycles. The minimum absolute atomic E-state index is 0.187. The highest BCUT2D eigenvalue weighted by molar-refractivity contribution is 5.75. The minimum atomic E-state index is -0.637. The van der Waals surface area contributed by atoms with Crippen LogP contribution in [0, 0.1) is 29.0 Å². The minimum Gasteiger partial charge on any atom is -0.481 e. The Morgan fingerprint density at radius 1 is 0.953 bits per heavy atom. The summed E-state index contributed by atoms with van der Waals surface area (Å²) in [6.45, 7) is 8.59. The Labute approximate surface area is 254 Å². The standard InChI is InChI=1S/C36H45FN4O2/c1-2-41-33(18-29(38-41)16-25-10-5-3-6-11-25)34-31-22-39(23-32(31)34)19-27-20-40(21-30(27)26-12-9-13-28(37)17-26)24-36(35(42)43)14-7-4-8-15-36/h3,5-6,9-13,17-18,27,30-32,34H,2,4,7-8,14-16,19-24H2,1H3,(H,42,43)/t27-,30+,31-,32+,34+/m0/s1. The molecule has 2 aromatic carbocycles. The third-order valence-corrected chi connectivity index (χ3v) is 11.1. The molecule has 7 heteroatoms. The van der Waals surface area contributed by atoms with E-state index in [2.05, 4.69) is 63.9 Å². The van der Waals surface area contributed by atoms with Gasteiger partial charge in [-0.2, -0.15) is 5.10 Å². The molecule has 0 amide bonds. The van der Waals surface area contributed by atoms with Gasteiger partial charge in [-0.15, -0.1) is 0 Å². The number of rotatable bonds is 10. The maximum atomic E-state index is 14.3. The molecule has 5 atom stereocenters. The van der Waals surface area contributed by atoms with E-state index in [1.165, 1.54) is 17.3 Å². The summed E-state index contributed by atoms with van der Waals surface area (Å²) in [6, 6.07) is 20.0. The Bertz CT molecular complexity index is 1420. The number of hydrogen-bond donors (Lipinski definition) is 1. The highest BCUT2D eigenvalue weighted by Crippen LogP contribution is 2.58. The number of fused-ring (bicyclic) bond motifs is 1. The van der Waals surface area contributed by atoms with Crippen LogP contribution in [0.4, 0.5) is 4.39 Å². The fourth-order valence-corrected chi connectivity index (χ4v) is 8.92. The van der Waals surface area contributed by atoms with Crippen LogP contribution in [0.25, 0.3) is 0 Å². The summed E-state index contributed by atoms with van der Waals surface area (Å²) in [5, 5.41) is 15.2. The van der Waals surface area contributed by atoms with Crippen molar-refractivity contribution >= 4 is 5.97 Å². The first-order valence-electron chi connectivity index (χ1n) is 16.5. The lowest BCUT2D eigenvalue weighted by Crippen LogP contribution is -2.44. The Balaban J connectivity index is 1.02. The van der Waals surface area contributed by atoms with Gasteiger partial charge in [0, 0.05) is 69.8 Å². The highest BCUT2D eigenvalue weighted by Gasteiger charge is 2.58. The fraction of sp³-hybridized carbons (Fsp3) is 0.556. The molecule has 6 nitrogen and oxygen atoms in total. The third kappa shape index (κ3) is 5.78. The number of piperidine rings is 1. The van der Waals surface area contributed by atoms with E-state index in [1.54, 1.807) is 6.07 Å². The van der Waals surface area contributed by atoms with Crippen LogP contribution in [0.15, 0.2) is 60.7 Å². The summed E-state index contributed by atoms with van der Waals surface area (Å²) in [4.78, 5) is 17.5. The zero-order valence-corrected chi connectivity index (χ0v) is 25.4. The smallest absolute Gasteiger partial charge is 0.310 e. The molecule has 7 rings (SSSR count). The summed E-state index contributed by atoms with van der Waals surface area (Å²) >= 11 is 0. The van der Waals surface area contributed by atoms with Crippen LogP contribution < -0.4 is 0 Å². The van der Waals surface area contributed by atoms with E-state index < -0.39 is 11.4 Å². The van der Waals surface area contributed by atoms with Crippen molar-refractivity contribution in [1.29, 1.82) is 0 Å². The van der Waals surface area contributed by atoms with Crippen molar-refractivity contribution in [1.82, 2.24) is 19.6 Å². The molecule has 2 aliphatic heterocycles. The first-order valence-corrected chi connectivity index (χ1v) is 16.5. The lowest BCUT2D eigenvalue weighted by Gasteiger charge is -2.36. The van der Waals surface area contributed by atoms with E-state index in [4.69, 9.17) is 5.10 Å². The molecule has 3 heterocycles. The second-order valence-electron chi connectivity index (χ2n) is 13.9. The zero-order valence-electron chi connectivity index (χ0n) is 25.4. The molecule has 0 bridgehead atoms. The topological polar surface area (TPSA) is 61.6 Å². The molecule has 0 spiro atoms. The van der Waals surface area contributed by atoms with Gasteiger partial charge in [0.05, 0.1) is 11.1 Å². The van der Waals surface area contributed by atoms with E-state index >= 15 is 0 Å². The molecule has 0 radical (unpaired) electrons. The normalized spacial score (nSPS) is 28.7. The molecule has 2 saturated heterocycles. The maximum absolute atomic E-state index is 14.3. The van der Waals surface area contributed by atoms with Gasteiger partial charge in [0.1, 0.15) is 5.82 Å². The maximum Gasteiger partial charge on any atom is 0.310 e. The van der Waals surface area contributed by atoms with Gasteiger partial charge in [-0.1, -0.05) is 61.7 Å². The van der Waals surface area contributed by atoms with Gasteiger partial charge in [-0.25, -0.2) is 4.39 Å². The number of halogens is 1. The number of nitrogens with zero attached hydrogens (tertiary/aromatic N) is 4. The van der Waals surface area contributed by atoms with Gasteiger partial charge in [0.15, 0.2) is 0 Å². The Morgan fingerprint density at radius 2 is 1.72 bits per heavy atom. The van der Waals surface area contributed by atoms with E-state index in [9.17, 15) is 14.3 Å².